The van der Waals surface area contributed by atoms with Crippen molar-refractivity contribution >= 4 is 11.8 Å². The summed E-state index contributed by atoms with van der Waals surface area (Å²) < 4.78 is 38.9. The largest absolute Gasteiger partial charge is 0.416 e. The van der Waals surface area contributed by atoms with Crippen molar-refractivity contribution in [2.24, 2.45) is 5.92 Å². The molecule has 1 saturated heterocycles. The molecule has 2 amide bonds. The highest BCUT2D eigenvalue weighted by Gasteiger charge is 2.42. The van der Waals surface area contributed by atoms with E-state index in [0.717, 1.165) is 44.2 Å². The minimum absolute atomic E-state index is 0.0860. The molecule has 1 aliphatic heterocycles. The molecule has 8 heteroatoms. The van der Waals surface area contributed by atoms with Gasteiger partial charge in [0.25, 0.3) is 5.91 Å². The third-order valence-electron chi connectivity index (χ3n) is 7.36. The first-order chi connectivity index (χ1) is 15.5. The standard InChI is InChI=1S/C25H36F3N3O2/c1-5-7-17-15-20(30(4)16(2)3)10-11-22(17)31-13-12-21(24(31)33)29-23(32)18-8-6-9-19(14-18)25(26,27)28/h6,8-9,14,16-17,20-22H,5,7,10-13,15H2,1-4H3,(H,29,32)/t17-,20-,21+,22+/m1/s1. The van der Waals surface area contributed by atoms with Crippen molar-refractivity contribution in [2.75, 3.05) is 13.6 Å². The second-order valence-corrected chi connectivity index (χ2v) is 9.77. The number of carbonyl (C=O) groups is 2. The number of hydrogen-bond donors (Lipinski definition) is 1. The van der Waals surface area contributed by atoms with Crippen molar-refractivity contribution in [1.29, 1.82) is 0 Å². The van der Waals surface area contributed by atoms with Crippen molar-refractivity contribution < 1.29 is 22.8 Å². The predicted octanol–water partition coefficient (Wildman–Crippen LogP) is 4.71. The third-order valence-corrected chi connectivity index (χ3v) is 7.36. The molecular formula is C25H36F3N3O2. The average molecular weight is 468 g/mol. The molecule has 1 N–H and O–H groups in total. The van der Waals surface area contributed by atoms with Crippen molar-refractivity contribution in [3.63, 3.8) is 0 Å². The number of hydrogen-bond acceptors (Lipinski definition) is 3. The van der Waals surface area contributed by atoms with Crippen LogP contribution in [0.15, 0.2) is 24.3 Å². The summed E-state index contributed by atoms with van der Waals surface area (Å²) >= 11 is 0. The molecule has 184 valence electrons. The van der Waals surface area contributed by atoms with Gasteiger partial charge in [-0.3, -0.25) is 9.59 Å². The summed E-state index contributed by atoms with van der Waals surface area (Å²) in [5.41, 5.74) is -0.961. The first-order valence-electron chi connectivity index (χ1n) is 12.0. The number of nitrogens with one attached hydrogen (secondary N) is 1. The average Bonchev–Trinajstić information content (AvgIpc) is 3.12. The fourth-order valence-electron chi connectivity index (χ4n) is 5.35. The Balaban J connectivity index is 1.66. The maximum Gasteiger partial charge on any atom is 0.416 e. The van der Waals surface area contributed by atoms with Crippen LogP contribution in [0.4, 0.5) is 13.2 Å². The molecule has 1 aliphatic carbocycles. The van der Waals surface area contributed by atoms with E-state index in [0.29, 0.717) is 31.0 Å². The smallest absolute Gasteiger partial charge is 0.340 e. The Labute approximate surface area is 194 Å². The zero-order valence-electron chi connectivity index (χ0n) is 20.0. The molecule has 1 heterocycles. The molecule has 1 saturated carbocycles. The first kappa shape index (κ1) is 25.5. The van der Waals surface area contributed by atoms with Crippen molar-refractivity contribution in [3.8, 4) is 0 Å². The summed E-state index contributed by atoms with van der Waals surface area (Å²) in [6.45, 7) is 7.13. The Kier molecular flexibility index (Phi) is 8.08. The van der Waals surface area contributed by atoms with Gasteiger partial charge in [0, 0.05) is 30.2 Å². The number of benzene rings is 1. The Morgan fingerprint density at radius 3 is 2.61 bits per heavy atom. The highest BCUT2D eigenvalue weighted by Crippen LogP contribution is 2.36. The van der Waals surface area contributed by atoms with E-state index in [9.17, 15) is 22.8 Å². The van der Waals surface area contributed by atoms with E-state index < -0.39 is 23.7 Å². The predicted molar refractivity (Wildman–Crippen MR) is 122 cm³/mol. The Hall–Kier alpha value is -2.09. The Morgan fingerprint density at radius 1 is 1.24 bits per heavy atom. The molecule has 1 aromatic rings. The lowest BCUT2D eigenvalue weighted by Crippen LogP contribution is -2.51. The van der Waals surface area contributed by atoms with Gasteiger partial charge in [-0.05, 0) is 77.1 Å². The van der Waals surface area contributed by atoms with Crippen molar-refractivity contribution in [1.82, 2.24) is 15.1 Å². The molecule has 0 aromatic heterocycles. The first-order valence-corrected chi connectivity index (χ1v) is 12.0. The number of alkyl halides is 3. The van der Waals surface area contributed by atoms with E-state index in [4.69, 9.17) is 0 Å². The van der Waals surface area contributed by atoms with E-state index in [1.54, 1.807) is 0 Å². The molecular weight excluding hydrogens is 431 g/mol. The molecule has 1 aromatic carbocycles. The summed E-state index contributed by atoms with van der Waals surface area (Å²) in [5, 5.41) is 2.68. The molecule has 2 aliphatic rings. The van der Waals surface area contributed by atoms with Gasteiger partial charge >= 0.3 is 6.18 Å². The number of amides is 2. The fourth-order valence-corrected chi connectivity index (χ4v) is 5.35. The Bertz CT molecular complexity index is 842. The third kappa shape index (κ3) is 5.89. The van der Waals surface area contributed by atoms with Gasteiger partial charge in [-0.2, -0.15) is 13.2 Å². The molecule has 2 fully saturated rings. The molecule has 3 rings (SSSR count). The van der Waals surface area contributed by atoms with Gasteiger partial charge in [0.15, 0.2) is 0 Å². The summed E-state index contributed by atoms with van der Waals surface area (Å²) in [6.07, 6.45) is 1.09. The molecule has 5 nitrogen and oxygen atoms in total. The minimum atomic E-state index is -4.52. The summed E-state index contributed by atoms with van der Waals surface area (Å²) in [5.74, 6) is -0.345. The number of likely N-dealkylation sites (tertiary alicyclic amines) is 1. The molecule has 0 unspecified atom stereocenters. The van der Waals surface area contributed by atoms with Crippen molar-refractivity contribution in [3.05, 3.63) is 35.4 Å². The lowest BCUT2D eigenvalue weighted by molar-refractivity contribution is -0.137. The number of halogens is 3. The zero-order chi connectivity index (χ0) is 24.3. The van der Waals surface area contributed by atoms with Gasteiger partial charge < -0.3 is 15.1 Å². The van der Waals surface area contributed by atoms with E-state index in [2.05, 4.69) is 38.0 Å². The number of rotatable bonds is 7. The minimum Gasteiger partial charge on any atom is -0.340 e. The van der Waals surface area contributed by atoms with Gasteiger partial charge in [-0.25, -0.2) is 0 Å². The van der Waals surface area contributed by atoms with Gasteiger partial charge in [-0.1, -0.05) is 19.4 Å². The number of carbonyl (C=O) groups excluding carboxylic acids is 2. The second kappa shape index (κ2) is 10.5. The summed E-state index contributed by atoms with van der Waals surface area (Å²) in [4.78, 5) is 30.1. The van der Waals surface area contributed by atoms with E-state index in [-0.39, 0.29) is 17.5 Å². The van der Waals surface area contributed by atoms with Crippen LogP contribution in [-0.2, 0) is 11.0 Å². The van der Waals surface area contributed by atoms with Crippen molar-refractivity contribution in [2.45, 2.75) is 89.6 Å². The van der Waals surface area contributed by atoms with Gasteiger partial charge in [-0.15, -0.1) is 0 Å². The Morgan fingerprint density at radius 2 is 1.97 bits per heavy atom. The van der Waals surface area contributed by atoms with Crippen LogP contribution in [0.1, 0.15) is 75.2 Å². The monoisotopic (exact) mass is 467 g/mol. The van der Waals surface area contributed by atoms with E-state index in [1.807, 2.05) is 4.90 Å². The molecule has 0 spiro atoms. The van der Waals surface area contributed by atoms with Crippen LogP contribution in [0.5, 0.6) is 0 Å². The maximum atomic E-state index is 13.2. The highest BCUT2D eigenvalue weighted by atomic mass is 19.4. The fraction of sp³-hybridized carbons (Fsp3) is 0.680. The zero-order valence-corrected chi connectivity index (χ0v) is 20.0. The normalized spacial score (nSPS) is 26.3. The van der Waals surface area contributed by atoms with E-state index >= 15 is 0 Å². The molecule has 0 radical (unpaired) electrons. The van der Waals surface area contributed by atoms with Gasteiger partial charge in [0.1, 0.15) is 6.04 Å². The lowest BCUT2D eigenvalue weighted by atomic mass is 9.77. The summed E-state index contributed by atoms with van der Waals surface area (Å²) in [7, 11) is 2.17. The SMILES string of the molecule is CCC[C@@H]1C[C@H](N(C)C(C)C)CC[C@@H]1N1CC[C@H](NC(=O)c2cccc(C(F)(F)F)c2)C1=O. The van der Waals surface area contributed by atoms with Crippen LogP contribution >= 0.6 is 0 Å². The van der Waals surface area contributed by atoms with Crippen LogP contribution in [0, 0.1) is 5.92 Å². The lowest BCUT2D eigenvalue weighted by Gasteiger charge is -2.44. The maximum absolute atomic E-state index is 13.2. The van der Waals surface area contributed by atoms with E-state index in [1.165, 1.54) is 12.1 Å². The number of nitrogens with zero attached hydrogens (tertiary/aromatic N) is 2. The topological polar surface area (TPSA) is 52.6 Å². The summed E-state index contributed by atoms with van der Waals surface area (Å²) in [6, 6.07) is 4.75. The molecule has 33 heavy (non-hydrogen) atoms. The quantitative estimate of drug-likeness (QED) is 0.632. The van der Waals surface area contributed by atoms with Crippen LogP contribution < -0.4 is 5.32 Å². The molecule has 4 atom stereocenters. The van der Waals surface area contributed by atoms with Crippen LogP contribution in [0.25, 0.3) is 0 Å². The highest BCUT2D eigenvalue weighted by molar-refractivity contribution is 5.98. The van der Waals surface area contributed by atoms with Gasteiger partial charge in [0.2, 0.25) is 5.91 Å². The van der Waals surface area contributed by atoms with Crippen LogP contribution in [0.2, 0.25) is 0 Å². The van der Waals surface area contributed by atoms with Crippen LogP contribution in [-0.4, -0.2) is 59.4 Å². The second-order valence-electron chi connectivity index (χ2n) is 9.77. The van der Waals surface area contributed by atoms with Gasteiger partial charge in [0.05, 0.1) is 5.56 Å². The molecule has 0 bridgehead atoms. The van der Waals surface area contributed by atoms with Crippen LogP contribution in [0.3, 0.4) is 0 Å².